The fourth-order valence-corrected chi connectivity index (χ4v) is 2.03. The van der Waals surface area contributed by atoms with Gasteiger partial charge in [0.1, 0.15) is 11.6 Å². The number of anilines is 1. The first-order valence-corrected chi connectivity index (χ1v) is 5.89. The van der Waals surface area contributed by atoms with Crippen LogP contribution >= 0.6 is 0 Å². The van der Waals surface area contributed by atoms with Crippen molar-refractivity contribution in [1.82, 2.24) is 9.97 Å². The van der Waals surface area contributed by atoms with Gasteiger partial charge in [-0.05, 0) is 35.9 Å². The van der Waals surface area contributed by atoms with Crippen molar-refractivity contribution in [2.75, 3.05) is 5.73 Å². The van der Waals surface area contributed by atoms with E-state index in [0.717, 1.165) is 22.4 Å². The number of nitrogens with zero attached hydrogens (tertiary/aromatic N) is 1. The van der Waals surface area contributed by atoms with Gasteiger partial charge in [0.2, 0.25) is 0 Å². The molecule has 0 spiro atoms. The van der Waals surface area contributed by atoms with E-state index in [1.165, 1.54) is 12.1 Å². The number of halogens is 1. The first-order chi connectivity index (χ1) is 9.24. The van der Waals surface area contributed by atoms with Crippen molar-refractivity contribution in [3.63, 3.8) is 0 Å². The van der Waals surface area contributed by atoms with Gasteiger partial charge in [0.25, 0.3) is 0 Å². The molecule has 1 aromatic carbocycles. The molecule has 0 radical (unpaired) electrons. The molecule has 4 heteroatoms. The monoisotopic (exact) mass is 253 g/mol. The fraction of sp³-hybridized carbons (Fsp3) is 0. The average molecular weight is 253 g/mol. The molecule has 0 amide bonds. The molecule has 19 heavy (non-hydrogen) atoms. The Morgan fingerprint density at radius 3 is 2.37 bits per heavy atom. The quantitative estimate of drug-likeness (QED) is 0.734. The number of benzene rings is 1. The summed E-state index contributed by atoms with van der Waals surface area (Å²) in [6.45, 7) is 0. The molecule has 2 aromatic heterocycles. The minimum absolute atomic E-state index is 0.241. The minimum atomic E-state index is -0.241. The van der Waals surface area contributed by atoms with Crippen molar-refractivity contribution in [1.29, 1.82) is 0 Å². The van der Waals surface area contributed by atoms with Crippen LogP contribution in [0.5, 0.6) is 0 Å². The summed E-state index contributed by atoms with van der Waals surface area (Å²) in [5, 5.41) is 0. The van der Waals surface area contributed by atoms with Gasteiger partial charge in [0, 0.05) is 23.5 Å². The summed E-state index contributed by atoms with van der Waals surface area (Å²) in [5.74, 6) is 0.244. The number of hydrogen-bond donors (Lipinski definition) is 2. The maximum absolute atomic E-state index is 13.0. The molecule has 0 saturated heterocycles. The number of rotatable bonds is 2. The van der Waals surface area contributed by atoms with Crippen LogP contribution < -0.4 is 5.73 Å². The van der Waals surface area contributed by atoms with E-state index in [2.05, 4.69) is 9.97 Å². The first-order valence-electron chi connectivity index (χ1n) is 5.89. The molecule has 0 aliphatic rings. The highest BCUT2D eigenvalue weighted by atomic mass is 19.1. The van der Waals surface area contributed by atoms with Crippen molar-refractivity contribution in [3.05, 3.63) is 60.7 Å². The van der Waals surface area contributed by atoms with Crippen LogP contribution in [0.15, 0.2) is 54.9 Å². The maximum atomic E-state index is 13.0. The van der Waals surface area contributed by atoms with Crippen molar-refractivity contribution in [2.45, 2.75) is 0 Å². The second-order valence-corrected chi connectivity index (χ2v) is 4.24. The predicted molar refractivity (Wildman–Crippen MR) is 73.8 cm³/mol. The SMILES string of the molecule is Nc1ccc(-c2[nH]ccc2-c2ccc(F)cc2)cn1. The first kappa shape index (κ1) is 11.5. The molecule has 3 rings (SSSR count). The van der Waals surface area contributed by atoms with Gasteiger partial charge in [-0.3, -0.25) is 0 Å². The van der Waals surface area contributed by atoms with Gasteiger partial charge in [-0.2, -0.15) is 0 Å². The molecule has 0 fully saturated rings. The normalized spacial score (nSPS) is 10.6. The molecule has 3 aromatic rings. The molecule has 0 bridgehead atoms. The Labute approximate surface area is 109 Å². The Hall–Kier alpha value is -2.62. The van der Waals surface area contributed by atoms with E-state index in [0.29, 0.717) is 5.82 Å². The molecule has 0 aliphatic carbocycles. The van der Waals surface area contributed by atoms with Gasteiger partial charge >= 0.3 is 0 Å². The van der Waals surface area contributed by atoms with Crippen LogP contribution in [0.25, 0.3) is 22.4 Å². The van der Waals surface area contributed by atoms with E-state index in [-0.39, 0.29) is 5.82 Å². The molecule has 0 atom stereocenters. The summed E-state index contributed by atoms with van der Waals surface area (Å²) >= 11 is 0. The van der Waals surface area contributed by atoms with Crippen LogP contribution in [-0.2, 0) is 0 Å². The van der Waals surface area contributed by atoms with Crippen LogP contribution in [0.3, 0.4) is 0 Å². The summed E-state index contributed by atoms with van der Waals surface area (Å²) in [4.78, 5) is 7.26. The smallest absolute Gasteiger partial charge is 0.123 e. The van der Waals surface area contributed by atoms with Crippen molar-refractivity contribution < 1.29 is 4.39 Å². The molecule has 0 unspecified atom stereocenters. The van der Waals surface area contributed by atoms with Gasteiger partial charge in [0.15, 0.2) is 0 Å². The van der Waals surface area contributed by atoms with E-state index in [4.69, 9.17) is 5.73 Å². The van der Waals surface area contributed by atoms with Gasteiger partial charge in [-0.25, -0.2) is 9.37 Å². The summed E-state index contributed by atoms with van der Waals surface area (Å²) in [6.07, 6.45) is 3.57. The number of H-pyrrole nitrogens is 1. The van der Waals surface area contributed by atoms with E-state index >= 15 is 0 Å². The molecule has 3 nitrogen and oxygen atoms in total. The predicted octanol–water partition coefficient (Wildman–Crippen LogP) is 3.47. The highest BCUT2D eigenvalue weighted by Crippen LogP contribution is 2.30. The standard InChI is InChI=1S/C15H12FN3/c16-12-4-1-10(2-5-12)13-7-8-18-15(13)11-3-6-14(17)19-9-11/h1-9,18H,(H2,17,19). The zero-order valence-electron chi connectivity index (χ0n) is 10.1. The number of pyridine rings is 1. The number of nitrogen functional groups attached to an aromatic ring is 1. The maximum Gasteiger partial charge on any atom is 0.123 e. The molecular weight excluding hydrogens is 241 g/mol. The lowest BCUT2D eigenvalue weighted by Crippen LogP contribution is -1.90. The molecular formula is C15H12FN3. The summed E-state index contributed by atoms with van der Waals surface area (Å²) in [5.41, 5.74) is 9.43. The van der Waals surface area contributed by atoms with Gasteiger partial charge in [0.05, 0.1) is 5.69 Å². The van der Waals surface area contributed by atoms with E-state index in [1.54, 1.807) is 24.4 Å². The lowest BCUT2D eigenvalue weighted by atomic mass is 10.0. The van der Waals surface area contributed by atoms with Gasteiger partial charge in [-0.1, -0.05) is 12.1 Å². The number of nitrogens with two attached hydrogens (primary N) is 1. The Morgan fingerprint density at radius 2 is 1.68 bits per heavy atom. The zero-order valence-corrected chi connectivity index (χ0v) is 10.1. The lowest BCUT2D eigenvalue weighted by Gasteiger charge is -2.05. The third kappa shape index (κ3) is 2.20. The number of aromatic amines is 1. The van der Waals surface area contributed by atoms with Gasteiger partial charge < -0.3 is 10.7 Å². The number of hydrogen-bond acceptors (Lipinski definition) is 2. The van der Waals surface area contributed by atoms with Crippen LogP contribution in [0.4, 0.5) is 10.2 Å². The Bertz CT molecular complexity index is 624. The highest BCUT2D eigenvalue weighted by Gasteiger charge is 2.08. The van der Waals surface area contributed by atoms with Crippen LogP contribution in [0, 0.1) is 5.82 Å². The summed E-state index contributed by atoms with van der Waals surface area (Å²) in [6, 6.07) is 12.0. The van der Waals surface area contributed by atoms with Crippen LogP contribution in [0.1, 0.15) is 0 Å². The van der Waals surface area contributed by atoms with Crippen molar-refractivity contribution in [3.8, 4) is 22.4 Å². The molecule has 3 N–H and O–H groups in total. The third-order valence-corrected chi connectivity index (χ3v) is 2.98. The zero-order chi connectivity index (χ0) is 13.2. The second kappa shape index (κ2) is 4.57. The second-order valence-electron chi connectivity index (χ2n) is 4.24. The van der Waals surface area contributed by atoms with Crippen molar-refractivity contribution in [2.24, 2.45) is 0 Å². The molecule has 94 valence electrons. The molecule has 0 saturated carbocycles. The average Bonchev–Trinajstić information content (AvgIpc) is 2.90. The summed E-state index contributed by atoms with van der Waals surface area (Å²) < 4.78 is 13.0. The van der Waals surface area contributed by atoms with Crippen LogP contribution in [0.2, 0.25) is 0 Å². The largest absolute Gasteiger partial charge is 0.384 e. The number of aromatic nitrogens is 2. The lowest BCUT2D eigenvalue weighted by molar-refractivity contribution is 0.628. The van der Waals surface area contributed by atoms with Crippen LogP contribution in [-0.4, -0.2) is 9.97 Å². The van der Waals surface area contributed by atoms with Crippen molar-refractivity contribution >= 4 is 5.82 Å². The Morgan fingerprint density at radius 1 is 0.947 bits per heavy atom. The minimum Gasteiger partial charge on any atom is -0.384 e. The molecule has 0 aliphatic heterocycles. The van der Waals surface area contributed by atoms with E-state index in [9.17, 15) is 4.39 Å². The fourth-order valence-electron chi connectivity index (χ4n) is 2.03. The Balaban J connectivity index is 2.07. The Kier molecular flexibility index (Phi) is 2.76. The molecule has 2 heterocycles. The third-order valence-electron chi connectivity index (χ3n) is 2.98. The topological polar surface area (TPSA) is 54.7 Å². The van der Waals surface area contributed by atoms with E-state index in [1.807, 2.05) is 18.3 Å². The highest BCUT2D eigenvalue weighted by molar-refractivity contribution is 5.81. The summed E-state index contributed by atoms with van der Waals surface area (Å²) in [7, 11) is 0. The van der Waals surface area contributed by atoms with E-state index < -0.39 is 0 Å². The number of nitrogens with one attached hydrogen (secondary N) is 1. The van der Waals surface area contributed by atoms with Gasteiger partial charge in [-0.15, -0.1) is 0 Å².